The summed E-state index contributed by atoms with van der Waals surface area (Å²) in [6, 6.07) is 0.380. The van der Waals surface area contributed by atoms with E-state index in [9.17, 15) is 5.11 Å². The lowest BCUT2D eigenvalue weighted by atomic mass is 10.1. The van der Waals surface area contributed by atoms with Gasteiger partial charge in [-0.25, -0.2) is 0 Å². The maximum absolute atomic E-state index is 9.80. The van der Waals surface area contributed by atoms with Crippen LogP contribution in [0.4, 0.5) is 0 Å². The van der Waals surface area contributed by atoms with Crippen molar-refractivity contribution >= 4 is 0 Å². The molecule has 1 N–H and O–H groups in total. The van der Waals surface area contributed by atoms with Crippen LogP contribution in [-0.4, -0.2) is 49.0 Å². The molecule has 1 fully saturated rings. The second-order valence-corrected chi connectivity index (χ2v) is 4.09. The van der Waals surface area contributed by atoms with E-state index in [2.05, 4.69) is 11.8 Å². The normalized spacial score (nSPS) is 27.4. The highest BCUT2D eigenvalue weighted by molar-refractivity contribution is 4.84. The second-order valence-electron chi connectivity index (χ2n) is 4.09. The molecule has 0 radical (unpaired) electrons. The summed E-state index contributed by atoms with van der Waals surface area (Å²) in [5, 5.41) is 9.80. The SMILES string of the molecule is CCCN(CCOC)C1CCCC1O. The van der Waals surface area contributed by atoms with Crippen LogP contribution in [0.3, 0.4) is 0 Å². The zero-order valence-electron chi connectivity index (χ0n) is 9.41. The van der Waals surface area contributed by atoms with Gasteiger partial charge in [0.2, 0.25) is 0 Å². The molecular weight excluding hydrogens is 178 g/mol. The number of methoxy groups -OCH3 is 1. The molecule has 0 aromatic carbocycles. The lowest BCUT2D eigenvalue weighted by Crippen LogP contribution is -2.42. The van der Waals surface area contributed by atoms with Gasteiger partial charge in [-0.2, -0.15) is 0 Å². The molecule has 1 aliphatic carbocycles. The van der Waals surface area contributed by atoms with Gasteiger partial charge in [-0.1, -0.05) is 6.92 Å². The third-order valence-electron chi connectivity index (χ3n) is 3.01. The van der Waals surface area contributed by atoms with Gasteiger partial charge in [0.05, 0.1) is 12.7 Å². The molecule has 14 heavy (non-hydrogen) atoms. The van der Waals surface area contributed by atoms with Crippen molar-refractivity contribution in [2.75, 3.05) is 26.8 Å². The Hall–Kier alpha value is -0.120. The summed E-state index contributed by atoms with van der Waals surface area (Å²) in [5.41, 5.74) is 0. The largest absolute Gasteiger partial charge is 0.391 e. The van der Waals surface area contributed by atoms with Crippen molar-refractivity contribution in [3.8, 4) is 0 Å². The molecule has 2 unspecified atom stereocenters. The summed E-state index contributed by atoms with van der Waals surface area (Å²) in [6.45, 7) is 4.97. The van der Waals surface area contributed by atoms with Crippen molar-refractivity contribution in [3.63, 3.8) is 0 Å². The Morgan fingerprint density at radius 3 is 2.64 bits per heavy atom. The quantitative estimate of drug-likeness (QED) is 0.702. The predicted octanol–water partition coefficient (Wildman–Crippen LogP) is 1.26. The van der Waals surface area contributed by atoms with Gasteiger partial charge in [0, 0.05) is 19.7 Å². The van der Waals surface area contributed by atoms with E-state index in [0.29, 0.717) is 6.04 Å². The van der Waals surface area contributed by atoms with Crippen molar-refractivity contribution in [1.82, 2.24) is 4.90 Å². The second kappa shape index (κ2) is 6.38. The first-order valence-corrected chi connectivity index (χ1v) is 5.70. The minimum atomic E-state index is -0.113. The zero-order chi connectivity index (χ0) is 10.4. The van der Waals surface area contributed by atoms with E-state index >= 15 is 0 Å². The fourth-order valence-corrected chi connectivity index (χ4v) is 2.29. The van der Waals surface area contributed by atoms with Crippen LogP contribution in [0.25, 0.3) is 0 Å². The Labute approximate surface area is 87.1 Å². The number of hydrogen-bond donors (Lipinski definition) is 1. The van der Waals surface area contributed by atoms with Crippen LogP contribution in [0.5, 0.6) is 0 Å². The summed E-state index contributed by atoms with van der Waals surface area (Å²) in [4.78, 5) is 2.38. The Balaban J connectivity index is 2.39. The molecule has 84 valence electrons. The standard InChI is InChI=1S/C11H23NO2/c1-3-7-12(8-9-14-2)10-5-4-6-11(10)13/h10-11,13H,3-9H2,1-2H3. The lowest BCUT2D eigenvalue weighted by molar-refractivity contribution is 0.0521. The van der Waals surface area contributed by atoms with E-state index in [1.807, 2.05) is 0 Å². The molecule has 1 saturated carbocycles. The average molecular weight is 201 g/mol. The highest BCUT2D eigenvalue weighted by Crippen LogP contribution is 2.24. The van der Waals surface area contributed by atoms with E-state index in [4.69, 9.17) is 4.74 Å². The van der Waals surface area contributed by atoms with Crippen molar-refractivity contribution < 1.29 is 9.84 Å². The van der Waals surface area contributed by atoms with E-state index in [-0.39, 0.29) is 6.10 Å². The van der Waals surface area contributed by atoms with Crippen molar-refractivity contribution in [3.05, 3.63) is 0 Å². The van der Waals surface area contributed by atoms with Crippen molar-refractivity contribution in [2.24, 2.45) is 0 Å². The minimum absolute atomic E-state index is 0.113. The number of hydrogen-bond acceptors (Lipinski definition) is 3. The average Bonchev–Trinajstić information content (AvgIpc) is 2.59. The molecule has 1 aliphatic rings. The van der Waals surface area contributed by atoms with Gasteiger partial charge < -0.3 is 9.84 Å². The summed E-state index contributed by atoms with van der Waals surface area (Å²) >= 11 is 0. The molecule has 0 aromatic rings. The minimum Gasteiger partial charge on any atom is -0.391 e. The first kappa shape index (κ1) is 12.0. The van der Waals surface area contributed by atoms with Crippen LogP contribution in [-0.2, 0) is 4.74 Å². The van der Waals surface area contributed by atoms with Crippen LogP contribution in [0.2, 0.25) is 0 Å². The van der Waals surface area contributed by atoms with Crippen LogP contribution in [0, 0.1) is 0 Å². The van der Waals surface area contributed by atoms with Crippen LogP contribution < -0.4 is 0 Å². The fraction of sp³-hybridized carbons (Fsp3) is 1.00. The molecule has 0 saturated heterocycles. The zero-order valence-corrected chi connectivity index (χ0v) is 9.41. The molecule has 2 atom stereocenters. The number of aliphatic hydroxyl groups is 1. The maximum Gasteiger partial charge on any atom is 0.0695 e. The first-order valence-electron chi connectivity index (χ1n) is 5.70. The Bertz CT molecular complexity index is 152. The van der Waals surface area contributed by atoms with Gasteiger partial charge in [-0.05, 0) is 32.2 Å². The monoisotopic (exact) mass is 201 g/mol. The molecule has 0 aromatic heterocycles. The Morgan fingerprint density at radius 1 is 1.36 bits per heavy atom. The molecule has 0 bridgehead atoms. The van der Waals surface area contributed by atoms with Gasteiger partial charge in [0.15, 0.2) is 0 Å². The smallest absolute Gasteiger partial charge is 0.0695 e. The number of aliphatic hydroxyl groups excluding tert-OH is 1. The Kier molecular flexibility index (Phi) is 5.45. The highest BCUT2D eigenvalue weighted by Gasteiger charge is 2.29. The van der Waals surface area contributed by atoms with E-state index in [1.54, 1.807) is 7.11 Å². The predicted molar refractivity (Wildman–Crippen MR) is 57.4 cm³/mol. The van der Waals surface area contributed by atoms with Gasteiger partial charge in [0.25, 0.3) is 0 Å². The van der Waals surface area contributed by atoms with E-state index in [0.717, 1.165) is 39.0 Å². The molecule has 1 rings (SSSR count). The third kappa shape index (κ3) is 3.23. The lowest BCUT2D eigenvalue weighted by Gasteiger charge is -2.30. The van der Waals surface area contributed by atoms with Crippen LogP contribution in [0.1, 0.15) is 32.6 Å². The van der Waals surface area contributed by atoms with Crippen LogP contribution >= 0.6 is 0 Å². The molecule has 0 heterocycles. The summed E-state index contributed by atoms with van der Waals surface area (Å²) in [6.07, 6.45) is 4.31. The maximum atomic E-state index is 9.80. The Morgan fingerprint density at radius 2 is 2.14 bits per heavy atom. The molecular formula is C11H23NO2. The van der Waals surface area contributed by atoms with Crippen molar-refractivity contribution in [2.45, 2.75) is 44.8 Å². The molecule has 3 nitrogen and oxygen atoms in total. The van der Waals surface area contributed by atoms with E-state index < -0.39 is 0 Å². The molecule has 3 heteroatoms. The summed E-state index contributed by atoms with van der Waals surface area (Å²) in [7, 11) is 1.73. The summed E-state index contributed by atoms with van der Waals surface area (Å²) in [5.74, 6) is 0. The third-order valence-corrected chi connectivity index (χ3v) is 3.01. The first-order chi connectivity index (χ1) is 6.79. The van der Waals surface area contributed by atoms with Crippen molar-refractivity contribution in [1.29, 1.82) is 0 Å². The molecule has 0 spiro atoms. The number of ether oxygens (including phenoxy) is 1. The van der Waals surface area contributed by atoms with E-state index in [1.165, 1.54) is 6.42 Å². The highest BCUT2D eigenvalue weighted by atomic mass is 16.5. The van der Waals surface area contributed by atoms with Gasteiger partial charge in [-0.15, -0.1) is 0 Å². The number of rotatable bonds is 6. The van der Waals surface area contributed by atoms with Gasteiger partial charge in [0.1, 0.15) is 0 Å². The van der Waals surface area contributed by atoms with Crippen LogP contribution in [0.15, 0.2) is 0 Å². The molecule has 0 amide bonds. The summed E-state index contributed by atoms with van der Waals surface area (Å²) < 4.78 is 5.09. The number of nitrogens with zero attached hydrogens (tertiary/aromatic N) is 1. The topological polar surface area (TPSA) is 32.7 Å². The molecule has 0 aliphatic heterocycles. The fourth-order valence-electron chi connectivity index (χ4n) is 2.29. The van der Waals surface area contributed by atoms with Gasteiger partial charge >= 0.3 is 0 Å². The van der Waals surface area contributed by atoms with Gasteiger partial charge in [-0.3, -0.25) is 4.90 Å².